The highest BCUT2D eigenvalue weighted by atomic mass is 19.3. The number of alkyl halides is 2. The van der Waals surface area contributed by atoms with Gasteiger partial charge in [0.05, 0.1) is 6.10 Å². The maximum absolute atomic E-state index is 12.4. The second kappa shape index (κ2) is 8.78. The minimum atomic E-state index is -2.91. The van der Waals surface area contributed by atoms with Crippen LogP contribution in [-0.2, 0) is 4.79 Å². The highest BCUT2D eigenvalue weighted by Crippen LogP contribution is 2.27. The number of carbonyl (C=O) groups excluding carboxylic acids is 1. The summed E-state index contributed by atoms with van der Waals surface area (Å²) in [7, 11) is 0. The van der Waals surface area contributed by atoms with Gasteiger partial charge in [-0.15, -0.1) is 0 Å². The summed E-state index contributed by atoms with van der Waals surface area (Å²) in [5.74, 6) is 0.0460. The summed E-state index contributed by atoms with van der Waals surface area (Å²) in [5.41, 5.74) is 1.01. The van der Waals surface area contributed by atoms with E-state index in [0.717, 1.165) is 19.3 Å². The van der Waals surface area contributed by atoms with Gasteiger partial charge in [-0.05, 0) is 43.7 Å². The van der Waals surface area contributed by atoms with Crippen LogP contribution in [-0.4, -0.2) is 30.3 Å². The summed E-state index contributed by atoms with van der Waals surface area (Å²) in [6, 6.07) is 6.38. The molecule has 1 aliphatic rings. The van der Waals surface area contributed by atoms with Gasteiger partial charge >= 0.3 is 6.61 Å². The normalized spacial score (nSPS) is 21.6. The lowest BCUT2D eigenvalue weighted by atomic mass is 9.87. The Balaban J connectivity index is 1.96. The number of nitrogens with one attached hydrogen (secondary N) is 1. The Hall–Kier alpha value is -1.95. The smallest absolute Gasteiger partial charge is 0.387 e. The van der Waals surface area contributed by atoms with E-state index < -0.39 is 6.61 Å². The second-order valence-electron chi connectivity index (χ2n) is 6.13. The summed E-state index contributed by atoms with van der Waals surface area (Å²) in [5, 5.41) is 12.5. The van der Waals surface area contributed by atoms with Crippen LogP contribution in [0.3, 0.4) is 0 Å². The Labute approximate surface area is 140 Å². The van der Waals surface area contributed by atoms with Crippen LogP contribution in [0.1, 0.15) is 38.2 Å². The van der Waals surface area contributed by atoms with Crippen LogP contribution in [0.25, 0.3) is 5.57 Å². The molecular weight excluding hydrogens is 316 g/mol. The van der Waals surface area contributed by atoms with E-state index in [2.05, 4.69) is 10.1 Å². The third-order valence-corrected chi connectivity index (χ3v) is 4.20. The molecule has 0 radical (unpaired) electrons. The Morgan fingerprint density at radius 1 is 1.42 bits per heavy atom. The van der Waals surface area contributed by atoms with Crippen LogP contribution in [0.4, 0.5) is 8.78 Å². The molecule has 2 N–H and O–H groups in total. The molecular formula is C18H23F2NO3. The van der Waals surface area contributed by atoms with Crippen molar-refractivity contribution in [2.24, 2.45) is 5.92 Å². The molecule has 4 nitrogen and oxygen atoms in total. The molecule has 2 rings (SSSR count). The SMILES string of the molecule is C/C(=C/C(=O)NCC1CCCC(O)C1)c1ccccc1OC(F)F. The van der Waals surface area contributed by atoms with E-state index in [0.29, 0.717) is 24.1 Å². The van der Waals surface area contributed by atoms with Gasteiger partial charge in [-0.25, -0.2) is 0 Å². The number of ether oxygens (including phenoxy) is 1. The van der Waals surface area contributed by atoms with Crippen molar-refractivity contribution in [2.75, 3.05) is 6.54 Å². The van der Waals surface area contributed by atoms with Crippen LogP contribution in [0.5, 0.6) is 5.75 Å². The van der Waals surface area contributed by atoms with Crippen LogP contribution in [0.15, 0.2) is 30.3 Å². The van der Waals surface area contributed by atoms with E-state index in [1.807, 2.05) is 0 Å². The summed E-state index contributed by atoms with van der Waals surface area (Å²) in [4.78, 5) is 12.0. The molecule has 132 valence electrons. The number of para-hydroxylation sites is 1. The van der Waals surface area contributed by atoms with Gasteiger partial charge in [0.25, 0.3) is 0 Å². The lowest BCUT2D eigenvalue weighted by molar-refractivity contribution is -0.116. The summed E-state index contributed by atoms with van der Waals surface area (Å²) in [6.45, 7) is -0.725. The van der Waals surface area contributed by atoms with E-state index in [4.69, 9.17) is 0 Å². The average molecular weight is 339 g/mol. The molecule has 6 heteroatoms. The Morgan fingerprint density at radius 3 is 2.88 bits per heavy atom. The Kier molecular flexibility index (Phi) is 6.73. The molecule has 1 amide bonds. The minimum Gasteiger partial charge on any atom is -0.434 e. The molecule has 0 saturated heterocycles. The van der Waals surface area contributed by atoms with Gasteiger partial charge in [-0.2, -0.15) is 8.78 Å². The largest absolute Gasteiger partial charge is 0.434 e. The summed E-state index contributed by atoms with van der Waals surface area (Å²) in [6.07, 6.45) is 4.59. The Morgan fingerprint density at radius 2 is 2.17 bits per heavy atom. The van der Waals surface area contributed by atoms with Crippen LogP contribution < -0.4 is 10.1 Å². The lowest BCUT2D eigenvalue weighted by Crippen LogP contribution is -2.32. The first kappa shape index (κ1) is 18.4. The van der Waals surface area contributed by atoms with Crippen molar-refractivity contribution in [3.8, 4) is 5.75 Å². The highest BCUT2D eigenvalue weighted by Gasteiger charge is 2.20. The average Bonchev–Trinajstić information content (AvgIpc) is 2.53. The van der Waals surface area contributed by atoms with E-state index in [9.17, 15) is 18.7 Å². The molecule has 1 aromatic carbocycles. The van der Waals surface area contributed by atoms with Crippen molar-refractivity contribution in [1.29, 1.82) is 0 Å². The number of aliphatic hydroxyl groups is 1. The van der Waals surface area contributed by atoms with Crippen molar-refractivity contribution in [1.82, 2.24) is 5.32 Å². The third-order valence-electron chi connectivity index (χ3n) is 4.20. The van der Waals surface area contributed by atoms with Gasteiger partial charge in [0.15, 0.2) is 0 Å². The number of rotatable bonds is 6. The van der Waals surface area contributed by atoms with Gasteiger partial charge in [0.1, 0.15) is 5.75 Å². The number of benzene rings is 1. The van der Waals surface area contributed by atoms with Crippen LogP contribution in [0, 0.1) is 5.92 Å². The predicted molar refractivity (Wildman–Crippen MR) is 87.7 cm³/mol. The number of hydrogen-bond donors (Lipinski definition) is 2. The minimum absolute atomic E-state index is 0.0458. The number of allylic oxidation sites excluding steroid dienone is 1. The predicted octanol–water partition coefficient (Wildman–Crippen LogP) is 3.36. The van der Waals surface area contributed by atoms with E-state index in [1.54, 1.807) is 25.1 Å². The molecule has 1 fully saturated rings. The first-order valence-corrected chi connectivity index (χ1v) is 8.14. The molecule has 0 aromatic heterocycles. The van der Waals surface area contributed by atoms with Crippen molar-refractivity contribution in [3.63, 3.8) is 0 Å². The van der Waals surface area contributed by atoms with E-state index in [-0.39, 0.29) is 23.7 Å². The van der Waals surface area contributed by atoms with Crippen molar-refractivity contribution >= 4 is 11.5 Å². The number of carbonyl (C=O) groups is 1. The lowest BCUT2D eigenvalue weighted by Gasteiger charge is -2.25. The van der Waals surface area contributed by atoms with Crippen LogP contribution in [0.2, 0.25) is 0 Å². The third kappa shape index (κ3) is 5.60. The molecule has 0 aliphatic heterocycles. The molecule has 0 bridgehead atoms. The van der Waals surface area contributed by atoms with Crippen LogP contribution >= 0.6 is 0 Å². The van der Waals surface area contributed by atoms with Gasteiger partial charge in [-0.3, -0.25) is 4.79 Å². The first-order chi connectivity index (χ1) is 11.5. The van der Waals surface area contributed by atoms with Gasteiger partial charge in [0.2, 0.25) is 5.91 Å². The molecule has 0 spiro atoms. The molecule has 2 unspecified atom stereocenters. The van der Waals surface area contributed by atoms with E-state index in [1.165, 1.54) is 12.1 Å². The van der Waals surface area contributed by atoms with Gasteiger partial charge in [0, 0.05) is 18.2 Å². The van der Waals surface area contributed by atoms with Crippen molar-refractivity contribution in [2.45, 2.75) is 45.3 Å². The maximum atomic E-state index is 12.4. The summed E-state index contributed by atoms with van der Waals surface area (Å²) >= 11 is 0. The molecule has 1 aliphatic carbocycles. The van der Waals surface area contributed by atoms with Gasteiger partial charge in [-0.1, -0.05) is 24.6 Å². The monoisotopic (exact) mass is 339 g/mol. The zero-order chi connectivity index (χ0) is 17.5. The number of amides is 1. The zero-order valence-corrected chi connectivity index (χ0v) is 13.7. The standard InChI is InChI=1S/C18H23F2NO3/c1-12(15-7-2-3-8-16(15)24-18(19)20)9-17(23)21-11-13-5-4-6-14(22)10-13/h2-3,7-9,13-14,18,22H,4-6,10-11H2,1H3,(H,21,23)/b12-9-. The summed E-state index contributed by atoms with van der Waals surface area (Å²) < 4.78 is 29.4. The fourth-order valence-electron chi connectivity index (χ4n) is 3.01. The fourth-order valence-corrected chi connectivity index (χ4v) is 3.01. The van der Waals surface area contributed by atoms with Crippen molar-refractivity contribution in [3.05, 3.63) is 35.9 Å². The van der Waals surface area contributed by atoms with Crippen molar-refractivity contribution < 1.29 is 23.4 Å². The molecule has 1 aromatic rings. The Bertz CT molecular complexity index is 589. The molecule has 0 heterocycles. The number of aliphatic hydroxyl groups excluding tert-OH is 1. The highest BCUT2D eigenvalue weighted by molar-refractivity contribution is 5.95. The number of halogens is 2. The quantitative estimate of drug-likeness (QED) is 0.782. The fraction of sp³-hybridized carbons (Fsp3) is 0.500. The van der Waals surface area contributed by atoms with E-state index >= 15 is 0 Å². The second-order valence-corrected chi connectivity index (χ2v) is 6.13. The number of hydrogen-bond acceptors (Lipinski definition) is 3. The zero-order valence-electron chi connectivity index (χ0n) is 13.7. The van der Waals surface area contributed by atoms with Gasteiger partial charge < -0.3 is 15.2 Å². The molecule has 2 atom stereocenters. The molecule has 1 saturated carbocycles. The maximum Gasteiger partial charge on any atom is 0.387 e. The molecule has 24 heavy (non-hydrogen) atoms. The first-order valence-electron chi connectivity index (χ1n) is 8.14. The topological polar surface area (TPSA) is 58.6 Å².